The van der Waals surface area contributed by atoms with Crippen LogP contribution in [0.3, 0.4) is 0 Å². The molecule has 0 aliphatic carbocycles. The second-order valence-corrected chi connectivity index (χ2v) is 5.21. The van der Waals surface area contributed by atoms with Crippen LogP contribution in [0.25, 0.3) is 11.4 Å². The number of H-pyrrole nitrogens is 1. The molecule has 1 N–H and O–H groups in total. The van der Waals surface area contributed by atoms with E-state index in [9.17, 15) is 0 Å². The summed E-state index contributed by atoms with van der Waals surface area (Å²) in [6, 6.07) is 9.37. The third kappa shape index (κ3) is 2.54. The summed E-state index contributed by atoms with van der Waals surface area (Å²) in [6.45, 7) is 4.70. The fourth-order valence-electron chi connectivity index (χ4n) is 2.73. The predicted octanol–water partition coefficient (Wildman–Crippen LogP) is 2.64. The van der Waals surface area contributed by atoms with E-state index < -0.39 is 0 Å². The van der Waals surface area contributed by atoms with Gasteiger partial charge in [-0.3, -0.25) is 10.00 Å². The van der Waals surface area contributed by atoms with Gasteiger partial charge in [0.1, 0.15) is 0 Å². The maximum absolute atomic E-state index is 4.99. The third-order valence-electron chi connectivity index (χ3n) is 4.00. The zero-order chi connectivity index (χ0) is 13.9. The molecule has 0 amide bonds. The highest BCUT2D eigenvalue weighted by molar-refractivity contribution is 5.55. The molecule has 1 aliphatic rings. The van der Waals surface area contributed by atoms with Gasteiger partial charge >= 0.3 is 6.01 Å². The number of methoxy groups -OCH3 is 1. The molecule has 20 heavy (non-hydrogen) atoms. The van der Waals surface area contributed by atoms with E-state index in [0.717, 1.165) is 11.4 Å². The number of hydrogen-bond donors (Lipinski definition) is 1. The fourth-order valence-corrected chi connectivity index (χ4v) is 2.73. The number of nitrogens with one attached hydrogen (secondary N) is 1. The Labute approximate surface area is 119 Å². The average Bonchev–Trinajstić information content (AvgIpc) is 3.18. The van der Waals surface area contributed by atoms with Crippen LogP contribution >= 0.6 is 0 Å². The molecular formula is C15H20N4O. The number of rotatable bonds is 4. The average molecular weight is 272 g/mol. The van der Waals surface area contributed by atoms with Crippen LogP contribution in [0, 0.1) is 0 Å². The van der Waals surface area contributed by atoms with Gasteiger partial charge in [0.25, 0.3) is 0 Å². The van der Waals surface area contributed by atoms with Gasteiger partial charge in [-0.25, -0.2) is 0 Å². The molecule has 1 fully saturated rings. The minimum Gasteiger partial charge on any atom is -0.466 e. The van der Waals surface area contributed by atoms with E-state index in [1.54, 1.807) is 7.11 Å². The first kappa shape index (κ1) is 13.1. The highest BCUT2D eigenvalue weighted by Gasteiger charge is 2.19. The first-order valence-electron chi connectivity index (χ1n) is 7.08. The zero-order valence-corrected chi connectivity index (χ0v) is 12.0. The molecule has 0 radical (unpaired) electrons. The molecule has 0 spiro atoms. The van der Waals surface area contributed by atoms with E-state index in [0.29, 0.717) is 12.1 Å². The Bertz CT molecular complexity index is 558. The van der Waals surface area contributed by atoms with Crippen molar-refractivity contribution in [1.29, 1.82) is 0 Å². The summed E-state index contributed by atoms with van der Waals surface area (Å²) in [7, 11) is 1.56. The van der Waals surface area contributed by atoms with Crippen LogP contribution in [0.15, 0.2) is 24.3 Å². The molecule has 1 aliphatic heterocycles. The van der Waals surface area contributed by atoms with Crippen molar-refractivity contribution in [2.45, 2.75) is 25.8 Å². The van der Waals surface area contributed by atoms with Crippen molar-refractivity contribution >= 4 is 0 Å². The maximum atomic E-state index is 4.99. The van der Waals surface area contributed by atoms with Crippen LogP contribution in [-0.2, 0) is 0 Å². The maximum Gasteiger partial charge on any atom is 0.335 e. The van der Waals surface area contributed by atoms with Gasteiger partial charge in [0.15, 0.2) is 5.82 Å². The number of aromatic amines is 1. The molecular weight excluding hydrogens is 252 g/mol. The van der Waals surface area contributed by atoms with Crippen molar-refractivity contribution < 1.29 is 4.74 Å². The van der Waals surface area contributed by atoms with Crippen LogP contribution in [0.4, 0.5) is 0 Å². The molecule has 1 aromatic heterocycles. The Hall–Kier alpha value is -1.88. The van der Waals surface area contributed by atoms with Gasteiger partial charge in [0.2, 0.25) is 0 Å². The van der Waals surface area contributed by atoms with Gasteiger partial charge in [-0.2, -0.15) is 4.98 Å². The van der Waals surface area contributed by atoms with Crippen LogP contribution in [0.5, 0.6) is 6.01 Å². The number of nitrogens with zero attached hydrogens (tertiary/aromatic N) is 3. The Morgan fingerprint density at radius 3 is 2.50 bits per heavy atom. The normalized spacial score (nSPS) is 17.3. The van der Waals surface area contributed by atoms with Gasteiger partial charge in [0.05, 0.1) is 7.11 Å². The third-order valence-corrected chi connectivity index (χ3v) is 4.00. The monoisotopic (exact) mass is 272 g/mol. The van der Waals surface area contributed by atoms with Crippen molar-refractivity contribution in [2.24, 2.45) is 0 Å². The van der Waals surface area contributed by atoms with Crippen molar-refractivity contribution in [3.63, 3.8) is 0 Å². The number of hydrogen-bond acceptors (Lipinski definition) is 4. The molecule has 1 aromatic carbocycles. The van der Waals surface area contributed by atoms with Crippen molar-refractivity contribution in [2.75, 3.05) is 20.2 Å². The van der Waals surface area contributed by atoms with Crippen molar-refractivity contribution in [1.82, 2.24) is 20.1 Å². The molecule has 1 atom stereocenters. The summed E-state index contributed by atoms with van der Waals surface area (Å²) in [5.74, 6) is 0.738. The van der Waals surface area contributed by atoms with E-state index in [1.807, 2.05) is 0 Å². The molecule has 0 saturated carbocycles. The summed E-state index contributed by atoms with van der Waals surface area (Å²) in [6.07, 6.45) is 2.64. The Balaban J connectivity index is 1.76. The summed E-state index contributed by atoms with van der Waals surface area (Å²) in [5.41, 5.74) is 2.38. The predicted molar refractivity (Wildman–Crippen MR) is 77.6 cm³/mol. The Kier molecular flexibility index (Phi) is 3.69. The highest BCUT2D eigenvalue weighted by Crippen LogP contribution is 2.26. The molecule has 106 valence electrons. The molecule has 5 heteroatoms. The molecule has 1 unspecified atom stereocenters. The summed E-state index contributed by atoms with van der Waals surface area (Å²) < 4.78 is 4.99. The topological polar surface area (TPSA) is 54.0 Å². The van der Waals surface area contributed by atoms with E-state index in [1.165, 1.54) is 31.5 Å². The van der Waals surface area contributed by atoms with E-state index >= 15 is 0 Å². The number of ether oxygens (including phenoxy) is 1. The molecule has 1 saturated heterocycles. The largest absolute Gasteiger partial charge is 0.466 e. The van der Waals surface area contributed by atoms with Crippen LogP contribution < -0.4 is 4.74 Å². The molecule has 3 rings (SSSR count). The second kappa shape index (κ2) is 5.63. The smallest absolute Gasteiger partial charge is 0.335 e. The molecule has 5 nitrogen and oxygen atoms in total. The highest BCUT2D eigenvalue weighted by atomic mass is 16.5. The lowest BCUT2D eigenvalue weighted by Crippen LogP contribution is -2.23. The zero-order valence-electron chi connectivity index (χ0n) is 12.0. The number of likely N-dealkylation sites (tertiary alicyclic amines) is 1. The van der Waals surface area contributed by atoms with Crippen LogP contribution in [0.1, 0.15) is 31.4 Å². The summed E-state index contributed by atoms with van der Waals surface area (Å²) in [4.78, 5) is 6.79. The first-order valence-corrected chi connectivity index (χ1v) is 7.08. The van der Waals surface area contributed by atoms with Gasteiger partial charge in [-0.15, -0.1) is 5.10 Å². The Morgan fingerprint density at radius 1 is 1.20 bits per heavy atom. The fraction of sp³-hybridized carbons (Fsp3) is 0.467. The Morgan fingerprint density at radius 2 is 1.90 bits per heavy atom. The van der Waals surface area contributed by atoms with Gasteiger partial charge in [-0.05, 0) is 38.4 Å². The molecule has 2 aromatic rings. The lowest BCUT2D eigenvalue weighted by molar-refractivity contribution is 0.263. The van der Waals surface area contributed by atoms with Crippen LogP contribution in [0.2, 0.25) is 0 Å². The summed E-state index contributed by atoms with van der Waals surface area (Å²) in [5, 5.41) is 6.85. The lowest BCUT2D eigenvalue weighted by atomic mass is 10.0. The van der Waals surface area contributed by atoms with E-state index in [-0.39, 0.29) is 0 Å². The SMILES string of the molecule is COc1n[nH]c(-c2ccc(C(C)N3CCCC3)cc2)n1. The van der Waals surface area contributed by atoms with Gasteiger partial charge in [0, 0.05) is 11.6 Å². The van der Waals surface area contributed by atoms with Gasteiger partial charge in [-0.1, -0.05) is 24.3 Å². The number of aromatic nitrogens is 3. The van der Waals surface area contributed by atoms with Crippen molar-refractivity contribution in [3.8, 4) is 17.4 Å². The standard InChI is InChI=1S/C15H20N4O/c1-11(19-9-3-4-10-19)12-5-7-13(8-6-12)14-16-15(20-2)18-17-14/h5-8,11H,3-4,9-10H2,1-2H3,(H,16,17,18). The van der Waals surface area contributed by atoms with Crippen molar-refractivity contribution in [3.05, 3.63) is 29.8 Å². The number of benzene rings is 1. The van der Waals surface area contributed by atoms with E-state index in [2.05, 4.69) is 51.3 Å². The van der Waals surface area contributed by atoms with E-state index in [4.69, 9.17) is 4.74 Å². The molecule has 2 heterocycles. The second-order valence-electron chi connectivity index (χ2n) is 5.21. The quantitative estimate of drug-likeness (QED) is 0.929. The summed E-state index contributed by atoms with van der Waals surface area (Å²) >= 11 is 0. The van der Waals surface area contributed by atoms with Crippen LogP contribution in [-0.4, -0.2) is 40.3 Å². The molecule has 0 bridgehead atoms. The lowest BCUT2D eigenvalue weighted by Gasteiger charge is -2.24. The van der Waals surface area contributed by atoms with Gasteiger partial charge < -0.3 is 4.74 Å². The first-order chi connectivity index (χ1) is 9.78. The minimum atomic E-state index is 0.370. The minimum absolute atomic E-state index is 0.370.